The van der Waals surface area contributed by atoms with Crippen LogP contribution < -0.4 is 10.0 Å². The lowest BCUT2D eigenvalue weighted by atomic mass is 10.3. The largest absolute Gasteiger partial charge is 0.316 e. The van der Waals surface area contributed by atoms with Crippen LogP contribution >= 0.6 is 12.4 Å². The molecular formula is C10H15ClF2N2O2S. The fourth-order valence-electron chi connectivity index (χ4n) is 1.21. The molecule has 0 radical (unpaired) electrons. The molecule has 104 valence electrons. The number of benzene rings is 1. The van der Waals surface area contributed by atoms with Gasteiger partial charge in [0.2, 0.25) is 10.0 Å². The maximum Gasteiger partial charge on any atom is 0.243 e. The molecule has 0 bridgehead atoms. The maximum atomic E-state index is 13.2. The minimum absolute atomic E-state index is 0. The minimum Gasteiger partial charge on any atom is -0.316 e. The number of likely N-dealkylation sites (N-methyl/N-ethyl adjacent to an activating group) is 1. The Morgan fingerprint density at radius 1 is 1.22 bits per heavy atom. The second-order valence-corrected chi connectivity index (χ2v) is 5.06. The van der Waals surface area contributed by atoms with Crippen LogP contribution in [0.5, 0.6) is 0 Å². The molecular weight excluding hydrogens is 286 g/mol. The Balaban J connectivity index is 0.00000289. The van der Waals surface area contributed by atoms with Gasteiger partial charge in [0.05, 0.1) is 0 Å². The molecule has 0 saturated heterocycles. The number of sulfonamides is 1. The van der Waals surface area contributed by atoms with Crippen LogP contribution in [0.1, 0.15) is 6.92 Å². The molecule has 0 aliphatic rings. The zero-order valence-electron chi connectivity index (χ0n) is 9.74. The van der Waals surface area contributed by atoms with Crippen LogP contribution in [0, 0.1) is 11.6 Å². The molecule has 18 heavy (non-hydrogen) atoms. The van der Waals surface area contributed by atoms with Gasteiger partial charge in [-0.15, -0.1) is 12.4 Å². The first-order valence-electron chi connectivity index (χ1n) is 5.13. The summed E-state index contributed by atoms with van der Waals surface area (Å²) in [5.74, 6) is -1.76. The van der Waals surface area contributed by atoms with E-state index in [1.807, 2.05) is 6.92 Å². The van der Waals surface area contributed by atoms with E-state index in [1.54, 1.807) is 0 Å². The number of hydrogen-bond donors (Lipinski definition) is 2. The molecule has 0 fully saturated rings. The predicted octanol–water partition coefficient (Wildman–Crippen LogP) is 1.27. The molecule has 4 nitrogen and oxygen atoms in total. The molecule has 1 aromatic rings. The fraction of sp³-hybridized carbons (Fsp3) is 0.400. The Morgan fingerprint density at radius 2 is 1.89 bits per heavy atom. The van der Waals surface area contributed by atoms with Crippen LogP contribution in [0.25, 0.3) is 0 Å². The first kappa shape index (κ1) is 17.2. The molecule has 0 aliphatic carbocycles. The highest BCUT2D eigenvalue weighted by Gasteiger charge is 2.18. The van der Waals surface area contributed by atoms with Gasteiger partial charge in [-0.2, -0.15) is 0 Å². The molecule has 8 heteroatoms. The molecule has 0 saturated carbocycles. The summed E-state index contributed by atoms with van der Waals surface area (Å²) in [5, 5.41) is 2.90. The quantitative estimate of drug-likeness (QED) is 0.778. The van der Waals surface area contributed by atoms with Crippen LogP contribution in [0.2, 0.25) is 0 Å². The summed E-state index contributed by atoms with van der Waals surface area (Å²) >= 11 is 0. The third kappa shape index (κ3) is 4.85. The lowest BCUT2D eigenvalue weighted by molar-refractivity contribution is 0.544. The van der Waals surface area contributed by atoms with E-state index in [2.05, 4.69) is 10.0 Å². The van der Waals surface area contributed by atoms with E-state index < -0.39 is 26.6 Å². The van der Waals surface area contributed by atoms with Gasteiger partial charge < -0.3 is 5.32 Å². The molecule has 0 amide bonds. The smallest absolute Gasteiger partial charge is 0.243 e. The number of halogens is 3. The van der Waals surface area contributed by atoms with E-state index in [4.69, 9.17) is 0 Å². The van der Waals surface area contributed by atoms with Crippen LogP contribution in [0.3, 0.4) is 0 Å². The molecule has 0 atom stereocenters. The normalized spacial score (nSPS) is 11.1. The van der Waals surface area contributed by atoms with Crippen molar-refractivity contribution in [1.82, 2.24) is 10.0 Å². The third-order valence-electron chi connectivity index (χ3n) is 2.03. The van der Waals surface area contributed by atoms with Crippen LogP contribution in [0.15, 0.2) is 23.1 Å². The van der Waals surface area contributed by atoms with Gasteiger partial charge in [-0.05, 0) is 24.7 Å². The molecule has 2 N–H and O–H groups in total. The predicted molar refractivity (Wildman–Crippen MR) is 67.3 cm³/mol. The van der Waals surface area contributed by atoms with Crippen LogP contribution in [-0.2, 0) is 10.0 Å². The Kier molecular flexibility index (Phi) is 7.30. The molecule has 0 aromatic heterocycles. The Labute approximate surface area is 111 Å². The highest BCUT2D eigenvalue weighted by Crippen LogP contribution is 2.15. The second-order valence-electron chi connectivity index (χ2n) is 3.33. The van der Waals surface area contributed by atoms with Crippen molar-refractivity contribution in [1.29, 1.82) is 0 Å². The summed E-state index contributed by atoms with van der Waals surface area (Å²) in [6, 6.07) is 2.31. The summed E-state index contributed by atoms with van der Waals surface area (Å²) < 4.78 is 51.5. The lowest BCUT2D eigenvalue weighted by Crippen LogP contribution is -2.32. The van der Waals surface area contributed by atoms with Crippen molar-refractivity contribution in [2.24, 2.45) is 0 Å². The van der Waals surface area contributed by atoms with Crippen molar-refractivity contribution in [2.45, 2.75) is 11.8 Å². The van der Waals surface area contributed by atoms with Gasteiger partial charge in [0.1, 0.15) is 16.5 Å². The second kappa shape index (κ2) is 7.63. The molecule has 0 spiro atoms. The average Bonchev–Trinajstić information content (AvgIpc) is 2.28. The Morgan fingerprint density at radius 3 is 2.50 bits per heavy atom. The van der Waals surface area contributed by atoms with E-state index in [0.29, 0.717) is 19.2 Å². The van der Waals surface area contributed by atoms with Crippen molar-refractivity contribution in [2.75, 3.05) is 19.6 Å². The van der Waals surface area contributed by atoms with Gasteiger partial charge >= 0.3 is 0 Å². The molecule has 1 rings (SSSR count). The van der Waals surface area contributed by atoms with Crippen molar-refractivity contribution in [3.63, 3.8) is 0 Å². The molecule has 0 aliphatic heterocycles. The van der Waals surface area contributed by atoms with E-state index >= 15 is 0 Å². The van der Waals surface area contributed by atoms with E-state index in [-0.39, 0.29) is 19.0 Å². The van der Waals surface area contributed by atoms with E-state index in [1.165, 1.54) is 0 Å². The standard InChI is InChI=1S/C10H14F2N2O2S.ClH/c1-2-13-5-6-14-17(15,16)10-7-8(11)3-4-9(10)12;/h3-4,7,13-14H,2,5-6H2,1H3;1H. The number of nitrogens with one attached hydrogen (secondary N) is 2. The Bertz CT molecular complexity index is 483. The van der Waals surface area contributed by atoms with Gasteiger partial charge in [0.15, 0.2) is 0 Å². The summed E-state index contributed by atoms with van der Waals surface area (Å²) in [7, 11) is -4.00. The van der Waals surface area contributed by atoms with Gasteiger partial charge in [0, 0.05) is 13.1 Å². The fourth-order valence-corrected chi connectivity index (χ4v) is 2.33. The first-order chi connectivity index (χ1) is 7.97. The summed E-state index contributed by atoms with van der Waals surface area (Å²) in [5.41, 5.74) is 0. The zero-order chi connectivity index (χ0) is 12.9. The lowest BCUT2D eigenvalue weighted by Gasteiger charge is -2.07. The molecule has 0 unspecified atom stereocenters. The summed E-state index contributed by atoms with van der Waals surface area (Å²) in [6.07, 6.45) is 0. The van der Waals surface area contributed by atoms with Gasteiger partial charge in [-0.3, -0.25) is 0 Å². The summed E-state index contributed by atoms with van der Waals surface area (Å²) in [4.78, 5) is -0.672. The van der Waals surface area contributed by atoms with Crippen LogP contribution in [0.4, 0.5) is 8.78 Å². The van der Waals surface area contributed by atoms with Crippen molar-refractivity contribution >= 4 is 22.4 Å². The van der Waals surface area contributed by atoms with Crippen LogP contribution in [-0.4, -0.2) is 28.1 Å². The van der Waals surface area contributed by atoms with Gasteiger partial charge in [-0.25, -0.2) is 21.9 Å². The highest BCUT2D eigenvalue weighted by atomic mass is 35.5. The monoisotopic (exact) mass is 300 g/mol. The van der Waals surface area contributed by atoms with Crippen molar-refractivity contribution in [3.8, 4) is 0 Å². The summed E-state index contributed by atoms with van der Waals surface area (Å²) in [6.45, 7) is 3.12. The van der Waals surface area contributed by atoms with Gasteiger partial charge in [0.25, 0.3) is 0 Å². The molecule has 1 aromatic carbocycles. The topological polar surface area (TPSA) is 58.2 Å². The number of rotatable bonds is 6. The maximum absolute atomic E-state index is 13.2. The average molecular weight is 301 g/mol. The minimum atomic E-state index is -4.00. The Hall–Kier alpha value is -0.760. The first-order valence-corrected chi connectivity index (χ1v) is 6.61. The zero-order valence-corrected chi connectivity index (χ0v) is 11.4. The number of hydrogen-bond acceptors (Lipinski definition) is 3. The van der Waals surface area contributed by atoms with Crippen molar-refractivity contribution < 1.29 is 17.2 Å². The molecule has 0 heterocycles. The highest BCUT2D eigenvalue weighted by molar-refractivity contribution is 7.89. The van der Waals surface area contributed by atoms with Gasteiger partial charge in [-0.1, -0.05) is 6.92 Å². The SMILES string of the molecule is CCNCCNS(=O)(=O)c1cc(F)ccc1F.Cl. The van der Waals surface area contributed by atoms with E-state index in [9.17, 15) is 17.2 Å². The van der Waals surface area contributed by atoms with E-state index in [0.717, 1.165) is 12.1 Å². The van der Waals surface area contributed by atoms with Crippen molar-refractivity contribution in [3.05, 3.63) is 29.8 Å². The third-order valence-corrected chi connectivity index (χ3v) is 3.50.